The summed E-state index contributed by atoms with van der Waals surface area (Å²) >= 11 is 0. The summed E-state index contributed by atoms with van der Waals surface area (Å²) in [5, 5.41) is 2.78. The van der Waals surface area contributed by atoms with Gasteiger partial charge in [-0.05, 0) is 69.8 Å². The lowest BCUT2D eigenvalue weighted by Crippen LogP contribution is -2.51. The van der Waals surface area contributed by atoms with Gasteiger partial charge in [0.05, 0.1) is 24.2 Å². The first-order chi connectivity index (χ1) is 14.7. The fourth-order valence-electron chi connectivity index (χ4n) is 5.71. The topological polar surface area (TPSA) is 62.6 Å². The van der Waals surface area contributed by atoms with Crippen LogP contribution in [0.4, 0.5) is 10.5 Å². The zero-order valence-electron chi connectivity index (χ0n) is 18.0. The third-order valence-corrected chi connectivity index (χ3v) is 7.08. The fraction of sp³-hybridized carbons (Fsp3) is 0.652. The Kier molecular flexibility index (Phi) is 5.65. The molecule has 2 fully saturated rings. The Balaban J connectivity index is 1.28. The van der Waals surface area contributed by atoms with Crippen LogP contribution in [0.5, 0.6) is 0 Å². The molecule has 2 unspecified atom stereocenters. The van der Waals surface area contributed by atoms with Crippen LogP contribution in [0.3, 0.4) is 0 Å². The molecule has 2 atom stereocenters. The number of carbonyl (C=O) groups excluding carboxylic acids is 1. The molecule has 0 saturated carbocycles. The number of nitrogens with zero attached hydrogens (tertiary/aromatic N) is 4. The number of hydrogen-bond acceptors (Lipinski definition) is 5. The number of ether oxygens (including phenoxy) is 1. The number of rotatable bonds is 4. The number of benzene rings is 1. The number of piperidine rings is 2. The molecule has 4 heterocycles. The highest BCUT2D eigenvalue weighted by molar-refractivity contribution is 5.89. The van der Waals surface area contributed by atoms with Gasteiger partial charge in [-0.15, -0.1) is 0 Å². The van der Waals surface area contributed by atoms with Crippen LogP contribution in [0, 0.1) is 5.92 Å². The molecule has 1 amide bonds. The maximum Gasteiger partial charge on any atom is 0.411 e. The maximum absolute atomic E-state index is 11.7. The van der Waals surface area contributed by atoms with E-state index in [2.05, 4.69) is 25.8 Å². The molecule has 0 aliphatic carbocycles. The highest BCUT2D eigenvalue weighted by Gasteiger charge is 2.34. The van der Waals surface area contributed by atoms with E-state index >= 15 is 0 Å². The normalized spacial score (nSPS) is 25.0. The third kappa shape index (κ3) is 3.93. The molecule has 0 bridgehead atoms. The Hall–Kier alpha value is -2.12. The van der Waals surface area contributed by atoms with Gasteiger partial charge < -0.3 is 14.2 Å². The monoisotopic (exact) mass is 411 g/mol. The van der Waals surface area contributed by atoms with Crippen molar-refractivity contribution in [3.05, 3.63) is 24.0 Å². The van der Waals surface area contributed by atoms with Crippen LogP contribution in [0.1, 0.15) is 44.9 Å². The molecule has 1 N–H and O–H groups in total. The van der Waals surface area contributed by atoms with E-state index in [4.69, 9.17) is 9.72 Å². The number of hydrogen-bond donors (Lipinski definition) is 1. The minimum atomic E-state index is -0.420. The summed E-state index contributed by atoms with van der Waals surface area (Å²) in [5.74, 6) is 1.94. The molecular formula is C23H33N5O2. The summed E-state index contributed by atoms with van der Waals surface area (Å²) in [6.45, 7) is 8.96. The second-order valence-electron chi connectivity index (χ2n) is 8.97. The molecule has 7 heteroatoms. The number of anilines is 1. The summed E-state index contributed by atoms with van der Waals surface area (Å²) in [4.78, 5) is 22.0. The van der Waals surface area contributed by atoms with Crippen molar-refractivity contribution in [2.45, 2.75) is 58.2 Å². The highest BCUT2D eigenvalue weighted by Crippen LogP contribution is 2.32. The highest BCUT2D eigenvalue weighted by atomic mass is 16.5. The van der Waals surface area contributed by atoms with E-state index in [9.17, 15) is 4.79 Å². The Morgan fingerprint density at radius 3 is 2.97 bits per heavy atom. The Labute approximate surface area is 178 Å². The van der Waals surface area contributed by atoms with Gasteiger partial charge in [-0.3, -0.25) is 10.2 Å². The summed E-state index contributed by atoms with van der Waals surface area (Å²) in [5.41, 5.74) is 2.82. The number of nitrogens with one attached hydrogen (secondary N) is 1. The minimum Gasteiger partial charge on any atom is -0.450 e. The van der Waals surface area contributed by atoms with Gasteiger partial charge in [0, 0.05) is 31.4 Å². The van der Waals surface area contributed by atoms with Crippen LogP contribution in [0.2, 0.25) is 0 Å². The average Bonchev–Trinajstić information content (AvgIpc) is 3.11. The van der Waals surface area contributed by atoms with Crippen LogP contribution < -0.4 is 5.32 Å². The Morgan fingerprint density at radius 1 is 1.17 bits per heavy atom. The van der Waals surface area contributed by atoms with Crippen molar-refractivity contribution in [3.8, 4) is 0 Å². The molecule has 1 aromatic heterocycles. The van der Waals surface area contributed by atoms with Crippen molar-refractivity contribution in [2.75, 3.05) is 38.1 Å². The minimum absolute atomic E-state index is 0.363. The van der Waals surface area contributed by atoms with E-state index in [0.29, 0.717) is 6.61 Å². The van der Waals surface area contributed by atoms with E-state index in [1.54, 1.807) is 6.92 Å². The fourth-order valence-corrected chi connectivity index (χ4v) is 5.71. The number of aromatic nitrogens is 2. The van der Waals surface area contributed by atoms with Crippen molar-refractivity contribution in [1.29, 1.82) is 0 Å². The summed E-state index contributed by atoms with van der Waals surface area (Å²) in [6, 6.07) is 6.73. The van der Waals surface area contributed by atoms with Crippen LogP contribution in [-0.4, -0.2) is 64.3 Å². The molecule has 30 heavy (non-hydrogen) atoms. The van der Waals surface area contributed by atoms with Gasteiger partial charge in [0.2, 0.25) is 0 Å². The molecule has 3 aliphatic rings. The van der Waals surface area contributed by atoms with Gasteiger partial charge in [-0.2, -0.15) is 0 Å². The number of carbonyl (C=O) groups is 1. The van der Waals surface area contributed by atoms with Crippen LogP contribution in [0.25, 0.3) is 11.0 Å². The molecule has 162 valence electrons. The van der Waals surface area contributed by atoms with E-state index in [0.717, 1.165) is 54.1 Å². The van der Waals surface area contributed by atoms with Crippen LogP contribution in [0.15, 0.2) is 18.2 Å². The first kappa shape index (κ1) is 19.8. The van der Waals surface area contributed by atoms with E-state index in [1.165, 1.54) is 51.7 Å². The van der Waals surface area contributed by atoms with Crippen molar-refractivity contribution in [1.82, 2.24) is 19.4 Å². The quantitative estimate of drug-likeness (QED) is 0.831. The summed E-state index contributed by atoms with van der Waals surface area (Å²) in [7, 11) is 0. The SMILES string of the molecule is CCOC(=O)Nc1ccc2c(c1)nc1n2CCN(CC2CCCN3CCCCC23)C1. The Bertz CT molecular complexity index is 908. The van der Waals surface area contributed by atoms with Gasteiger partial charge >= 0.3 is 6.09 Å². The second kappa shape index (κ2) is 8.55. The van der Waals surface area contributed by atoms with Crippen LogP contribution in [-0.2, 0) is 17.8 Å². The number of amides is 1. The van der Waals surface area contributed by atoms with Crippen molar-refractivity contribution in [2.24, 2.45) is 5.92 Å². The smallest absolute Gasteiger partial charge is 0.411 e. The zero-order chi connectivity index (χ0) is 20.5. The van der Waals surface area contributed by atoms with E-state index in [1.807, 2.05) is 12.1 Å². The molecule has 2 saturated heterocycles. The van der Waals surface area contributed by atoms with Crippen molar-refractivity contribution < 1.29 is 9.53 Å². The number of fused-ring (bicyclic) bond motifs is 4. The summed E-state index contributed by atoms with van der Waals surface area (Å²) < 4.78 is 7.32. The summed E-state index contributed by atoms with van der Waals surface area (Å²) in [6.07, 6.45) is 6.46. The lowest BCUT2D eigenvalue weighted by molar-refractivity contribution is 0.0353. The lowest BCUT2D eigenvalue weighted by atomic mass is 9.83. The van der Waals surface area contributed by atoms with Crippen molar-refractivity contribution in [3.63, 3.8) is 0 Å². The van der Waals surface area contributed by atoms with E-state index in [-0.39, 0.29) is 0 Å². The molecule has 7 nitrogen and oxygen atoms in total. The average molecular weight is 412 g/mol. The van der Waals surface area contributed by atoms with Gasteiger partial charge in [0.1, 0.15) is 5.82 Å². The van der Waals surface area contributed by atoms with E-state index < -0.39 is 6.09 Å². The molecule has 5 rings (SSSR count). The Morgan fingerprint density at radius 2 is 2.07 bits per heavy atom. The maximum atomic E-state index is 11.7. The molecule has 0 radical (unpaired) electrons. The predicted molar refractivity (Wildman–Crippen MR) is 118 cm³/mol. The molecular weight excluding hydrogens is 378 g/mol. The van der Waals surface area contributed by atoms with Crippen LogP contribution >= 0.6 is 0 Å². The van der Waals surface area contributed by atoms with Crippen molar-refractivity contribution >= 4 is 22.8 Å². The largest absolute Gasteiger partial charge is 0.450 e. The van der Waals surface area contributed by atoms with Gasteiger partial charge in [0.15, 0.2) is 0 Å². The van der Waals surface area contributed by atoms with Gasteiger partial charge in [0.25, 0.3) is 0 Å². The first-order valence-corrected chi connectivity index (χ1v) is 11.6. The zero-order valence-corrected chi connectivity index (χ0v) is 18.0. The molecule has 3 aliphatic heterocycles. The standard InChI is InChI=1S/C23H33N5O2/c1-2-30-23(29)24-18-8-9-21-19(14-18)25-22-16-26(12-13-28(21)22)15-17-6-5-11-27-10-4-3-7-20(17)27/h8-9,14,17,20H,2-7,10-13,15-16H2,1H3,(H,24,29). The molecule has 0 spiro atoms. The molecule has 2 aromatic rings. The second-order valence-corrected chi connectivity index (χ2v) is 8.97. The molecule has 1 aromatic carbocycles. The predicted octanol–water partition coefficient (Wildman–Crippen LogP) is 3.68. The van der Waals surface area contributed by atoms with Gasteiger partial charge in [-0.25, -0.2) is 9.78 Å². The third-order valence-electron chi connectivity index (χ3n) is 7.08. The number of imidazole rings is 1. The lowest BCUT2D eigenvalue weighted by Gasteiger charge is -2.46. The van der Waals surface area contributed by atoms with Gasteiger partial charge in [-0.1, -0.05) is 6.42 Å². The first-order valence-electron chi connectivity index (χ1n) is 11.6.